The van der Waals surface area contributed by atoms with Crippen molar-refractivity contribution in [2.24, 2.45) is 5.92 Å². The standard InChI is InChI=1S/C16H26/c1-5-8-10-11-12-14-16(7-3)15(4)13-9-6-2/h5-6,8-10,13,16H,1,7,11-12,14H2,2-4H3. The molecule has 0 aromatic rings. The second-order valence-electron chi connectivity index (χ2n) is 4.14. The topological polar surface area (TPSA) is 0 Å². The van der Waals surface area contributed by atoms with E-state index >= 15 is 0 Å². The molecular formula is C16H26. The van der Waals surface area contributed by atoms with Crippen LogP contribution in [0.2, 0.25) is 0 Å². The minimum atomic E-state index is 0.744. The van der Waals surface area contributed by atoms with E-state index in [4.69, 9.17) is 0 Å². The molecule has 0 nitrogen and oxygen atoms in total. The molecule has 0 amide bonds. The minimum Gasteiger partial charge on any atom is -0.0991 e. The summed E-state index contributed by atoms with van der Waals surface area (Å²) in [4.78, 5) is 0. The van der Waals surface area contributed by atoms with Crippen LogP contribution in [0.3, 0.4) is 0 Å². The molecule has 1 atom stereocenters. The Labute approximate surface area is 101 Å². The quantitative estimate of drug-likeness (QED) is 0.375. The molecule has 0 heterocycles. The summed E-state index contributed by atoms with van der Waals surface area (Å²) in [6.45, 7) is 10.2. The third-order valence-electron chi connectivity index (χ3n) is 2.88. The van der Waals surface area contributed by atoms with Gasteiger partial charge in [0.2, 0.25) is 0 Å². The van der Waals surface area contributed by atoms with E-state index in [1.165, 1.54) is 31.3 Å². The smallest absolute Gasteiger partial charge is 0.0205 e. The number of hydrogen-bond donors (Lipinski definition) is 0. The molecule has 0 fully saturated rings. The summed E-state index contributed by atoms with van der Waals surface area (Å²) < 4.78 is 0. The van der Waals surface area contributed by atoms with Gasteiger partial charge in [-0.1, -0.05) is 55.5 Å². The highest BCUT2D eigenvalue weighted by Gasteiger charge is 2.06. The van der Waals surface area contributed by atoms with E-state index in [9.17, 15) is 0 Å². The maximum atomic E-state index is 3.67. The van der Waals surface area contributed by atoms with Gasteiger partial charge in [0.15, 0.2) is 0 Å². The molecule has 0 aromatic heterocycles. The van der Waals surface area contributed by atoms with Crippen LogP contribution < -0.4 is 0 Å². The lowest BCUT2D eigenvalue weighted by atomic mass is 9.91. The molecule has 90 valence electrons. The van der Waals surface area contributed by atoms with Crippen molar-refractivity contribution in [3.8, 4) is 0 Å². The molecule has 0 radical (unpaired) electrons. The van der Waals surface area contributed by atoms with Gasteiger partial charge in [0, 0.05) is 0 Å². The number of unbranched alkanes of at least 4 members (excludes halogenated alkanes) is 1. The summed E-state index contributed by atoms with van der Waals surface area (Å²) in [6.07, 6.45) is 17.5. The molecule has 0 saturated heterocycles. The summed E-state index contributed by atoms with van der Waals surface area (Å²) in [5, 5.41) is 0. The largest absolute Gasteiger partial charge is 0.0991 e. The molecule has 0 bridgehead atoms. The SMILES string of the molecule is C=CC=CCCCC(CC)C(C)=CC=CC. The van der Waals surface area contributed by atoms with E-state index in [0.717, 1.165) is 5.92 Å². The fourth-order valence-electron chi connectivity index (χ4n) is 1.81. The number of hydrogen-bond acceptors (Lipinski definition) is 0. The molecule has 0 aromatic carbocycles. The van der Waals surface area contributed by atoms with Crippen LogP contribution in [0.4, 0.5) is 0 Å². The summed E-state index contributed by atoms with van der Waals surface area (Å²) in [6, 6.07) is 0. The second-order valence-corrected chi connectivity index (χ2v) is 4.14. The zero-order valence-electron chi connectivity index (χ0n) is 11.1. The Morgan fingerprint density at radius 2 is 2.06 bits per heavy atom. The van der Waals surface area contributed by atoms with E-state index in [-0.39, 0.29) is 0 Å². The van der Waals surface area contributed by atoms with Gasteiger partial charge in [-0.05, 0) is 45.4 Å². The molecule has 0 aliphatic carbocycles. The molecule has 0 rings (SSSR count). The van der Waals surface area contributed by atoms with E-state index in [2.05, 4.69) is 51.7 Å². The second kappa shape index (κ2) is 10.5. The summed E-state index contributed by atoms with van der Waals surface area (Å²) in [5.74, 6) is 0.744. The molecule has 1 unspecified atom stereocenters. The molecule has 16 heavy (non-hydrogen) atoms. The molecule has 0 aliphatic heterocycles. The van der Waals surface area contributed by atoms with Crippen LogP contribution in [-0.4, -0.2) is 0 Å². The monoisotopic (exact) mass is 218 g/mol. The maximum Gasteiger partial charge on any atom is -0.0205 e. The van der Waals surface area contributed by atoms with Crippen molar-refractivity contribution in [2.45, 2.75) is 46.5 Å². The van der Waals surface area contributed by atoms with Crippen molar-refractivity contribution in [3.63, 3.8) is 0 Å². The van der Waals surface area contributed by atoms with Crippen LogP contribution in [0.5, 0.6) is 0 Å². The molecule has 0 N–H and O–H groups in total. The van der Waals surface area contributed by atoms with Gasteiger partial charge in [-0.3, -0.25) is 0 Å². The Balaban J connectivity index is 4.00. The zero-order chi connectivity index (χ0) is 12.2. The lowest BCUT2D eigenvalue weighted by molar-refractivity contribution is 0.522. The Hall–Kier alpha value is -1.04. The molecule has 0 spiro atoms. The Morgan fingerprint density at radius 1 is 1.31 bits per heavy atom. The fraction of sp³-hybridized carbons (Fsp3) is 0.500. The molecule has 0 saturated carbocycles. The van der Waals surface area contributed by atoms with Crippen LogP contribution in [0.1, 0.15) is 46.5 Å². The molecule has 0 heteroatoms. The van der Waals surface area contributed by atoms with Crippen molar-refractivity contribution in [2.75, 3.05) is 0 Å². The summed E-state index contributed by atoms with van der Waals surface area (Å²) >= 11 is 0. The van der Waals surface area contributed by atoms with Gasteiger partial charge in [-0.2, -0.15) is 0 Å². The van der Waals surface area contributed by atoms with Crippen molar-refractivity contribution in [1.29, 1.82) is 0 Å². The average Bonchev–Trinajstić information content (AvgIpc) is 2.31. The third-order valence-corrected chi connectivity index (χ3v) is 2.88. The number of rotatable bonds is 8. The fourth-order valence-corrected chi connectivity index (χ4v) is 1.81. The minimum absolute atomic E-state index is 0.744. The van der Waals surface area contributed by atoms with Gasteiger partial charge in [-0.25, -0.2) is 0 Å². The van der Waals surface area contributed by atoms with Crippen molar-refractivity contribution >= 4 is 0 Å². The average molecular weight is 218 g/mol. The normalized spacial score (nSPS) is 14.8. The van der Waals surface area contributed by atoms with Crippen LogP contribution in [0.15, 0.2) is 48.6 Å². The van der Waals surface area contributed by atoms with Crippen molar-refractivity contribution in [3.05, 3.63) is 48.6 Å². The van der Waals surface area contributed by atoms with E-state index < -0.39 is 0 Å². The molecular weight excluding hydrogens is 192 g/mol. The summed E-state index contributed by atoms with van der Waals surface area (Å²) in [5.41, 5.74) is 1.51. The van der Waals surface area contributed by atoms with Crippen LogP contribution in [0, 0.1) is 5.92 Å². The van der Waals surface area contributed by atoms with Crippen molar-refractivity contribution in [1.82, 2.24) is 0 Å². The first kappa shape index (κ1) is 15.0. The Morgan fingerprint density at radius 3 is 2.62 bits per heavy atom. The summed E-state index contributed by atoms with van der Waals surface area (Å²) in [7, 11) is 0. The highest BCUT2D eigenvalue weighted by Crippen LogP contribution is 2.21. The van der Waals surface area contributed by atoms with Gasteiger partial charge in [0.1, 0.15) is 0 Å². The van der Waals surface area contributed by atoms with Gasteiger partial charge >= 0.3 is 0 Å². The van der Waals surface area contributed by atoms with Crippen LogP contribution >= 0.6 is 0 Å². The van der Waals surface area contributed by atoms with Gasteiger partial charge < -0.3 is 0 Å². The lowest BCUT2D eigenvalue weighted by Gasteiger charge is -2.14. The van der Waals surface area contributed by atoms with E-state index in [0.29, 0.717) is 0 Å². The van der Waals surface area contributed by atoms with Gasteiger partial charge in [0.25, 0.3) is 0 Å². The van der Waals surface area contributed by atoms with Gasteiger partial charge in [0.05, 0.1) is 0 Å². The predicted octanol–water partition coefficient (Wildman–Crippen LogP) is 5.45. The first-order valence-corrected chi connectivity index (χ1v) is 6.33. The van der Waals surface area contributed by atoms with E-state index in [1.54, 1.807) is 0 Å². The van der Waals surface area contributed by atoms with Crippen LogP contribution in [-0.2, 0) is 0 Å². The first-order valence-electron chi connectivity index (χ1n) is 6.33. The highest BCUT2D eigenvalue weighted by molar-refractivity contribution is 5.12. The van der Waals surface area contributed by atoms with E-state index in [1.807, 2.05) is 12.2 Å². The first-order chi connectivity index (χ1) is 7.76. The van der Waals surface area contributed by atoms with Crippen LogP contribution in [0.25, 0.3) is 0 Å². The Bertz CT molecular complexity index is 253. The lowest BCUT2D eigenvalue weighted by Crippen LogP contribution is -2.00. The maximum absolute atomic E-state index is 3.67. The zero-order valence-corrected chi connectivity index (χ0v) is 11.1. The van der Waals surface area contributed by atoms with Gasteiger partial charge in [-0.15, -0.1) is 0 Å². The molecule has 0 aliphatic rings. The predicted molar refractivity (Wildman–Crippen MR) is 75.5 cm³/mol. The highest BCUT2D eigenvalue weighted by atomic mass is 14.1. The Kier molecular flexibility index (Phi) is 9.80. The number of allylic oxidation sites excluding steroid dienone is 7. The third kappa shape index (κ3) is 7.28. The van der Waals surface area contributed by atoms with Crippen molar-refractivity contribution < 1.29 is 0 Å².